The predicted octanol–water partition coefficient (Wildman–Crippen LogP) is 10.5. The Bertz CT molecular complexity index is 1090. The van der Waals surface area contributed by atoms with E-state index in [9.17, 15) is 0 Å². The zero-order valence-corrected chi connectivity index (χ0v) is 26.7. The van der Waals surface area contributed by atoms with Crippen LogP contribution in [0.4, 0.5) is 0 Å². The van der Waals surface area contributed by atoms with Gasteiger partial charge in [-0.05, 0) is 38.2 Å². The molecule has 2 nitrogen and oxygen atoms in total. The minimum Gasteiger partial charge on any atom is -0.438 e. The summed E-state index contributed by atoms with van der Waals surface area (Å²) in [6.45, 7) is 34.3. The monoisotopic (exact) mass is 510 g/mol. The Balaban J connectivity index is 2.15. The van der Waals surface area contributed by atoms with E-state index in [1.807, 2.05) is 0 Å². The lowest BCUT2D eigenvalue weighted by atomic mass is 9.75. The molecule has 0 radical (unpaired) electrons. The van der Waals surface area contributed by atoms with Crippen LogP contribution in [0, 0.1) is 0 Å². The molecular formula is C33H51O2P. The van der Waals surface area contributed by atoms with E-state index in [-0.39, 0.29) is 27.1 Å². The van der Waals surface area contributed by atoms with Gasteiger partial charge in [0.05, 0.1) is 6.16 Å². The molecule has 2 aromatic rings. The number of rotatable bonds is 2. The molecule has 0 amide bonds. The van der Waals surface area contributed by atoms with E-state index in [0.29, 0.717) is 0 Å². The topological polar surface area (TPSA) is 18.5 Å². The molecule has 0 bridgehead atoms. The van der Waals surface area contributed by atoms with Crippen LogP contribution in [-0.4, -0.2) is 0 Å². The first kappa shape index (κ1) is 29.0. The van der Waals surface area contributed by atoms with Crippen LogP contribution in [0.5, 0.6) is 11.5 Å². The van der Waals surface area contributed by atoms with Crippen LogP contribution in [0.25, 0.3) is 0 Å². The lowest BCUT2D eigenvalue weighted by Crippen LogP contribution is -2.22. The molecule has 1 unspecified atom stereocenters. The third-order valence-corrected chi connectivity index (χ3v) is 8.47. The van der Waals surface area contributed by atoms with Crippen molar-refractivity contribution < 1.29 is 9.05 Å². The van der Waals surface area contributed by atoms with Gasteiger partial charge < -0.3 is 9.05 Å². The number of hydrogen-bond donors (Lipinski definition) is 0. The minimum atomic E-state index is -1.12. The van der Waals surface area contributed by atoms with E-state index >= 15 is 0 Å². The Kier molecular flexibility index (Phi) is 7.29. The SMILES string of the molecule is CC(C)(C)c1cc2c(c(C(C)(C)C)c1)OP(Oc1c(C(C)(C)C)cc(C(C)(C)C)cc1C(C)(C)C)C2. The predicted molar refractivity (Wildman–Crippen MR) is 158 cm³/mol. The molecule has 0 spiro atoms. The summed E-state index contributed by atoms with van der Waals surface area (Å²) in [5.74, 6) is 2.07. The van der Waals surface area contributed by atoms with Crippen LogP contribution in [0.3, 0.4) is 0 Å². The van der Waals surface area contributed by atoms with Crippen LogP contribution in [-0.2, 0) is 33.2 Å². The molecule has 0 fully saturated rings. The van der Waals surface area contributed by atoms with Gasteiger partial charge in [0.1, 0.15) is 11.5 Å². The molecule has 1 aliphatic rings. The van der Waals surface area contributed by atoms with Gasteiger partial charge in [-0.25, -0.2) is 0 Å². The van der Waals surface area contributed by atoms with Gasteiger partial charge in [-0.2, -0.15) is 0 Å². The molecule has 0 aliphatic carbocycles. The molecule has 0 saturated heterocycles. The Labute approximate surface area is 223 Å². The highest BCUT2D eigenvalue weighted by Crippen LogP contribution is 2.57. The smallest absolute Gasteiger partial charge is 0.295 e. The lowest BCUT2D eigenvalue weighted by Gasteiger charge is -2.33. The fourth-order valence-corrected chi connectivity index (χ4v) is 6.10. The van der Waals surface area contributed by atoms with Crippen LogP contribution in [0.15, 0.2) is 24.3 Å². The molecular weight excluding hydrogens is 459 g/mol. The van der Waals surface area contributed by atoms with Crippen molar-refractivity contribution in [3.63, 3.8) is 0 Å². The third-order valence-electron chi connectivity index (χ3n) is 7.10. The highest BCUT2D eigenvalue weighted by atomic mass is 31.2. The standard InChI is InChI=1S/C33H51O2P/c1-29(2,3)22-16-21-20-36(34-27(21)24(17-22)31(7,8)9)35-28-25(32(10,11)12)18-23(30(4,5)6)19-26(28)33(13,14)15/h16-19H,20H2,1-15H3. The first-order valence-electron chi connectivity index (χ1n) is 13.5. The summed E-state index contributed by atoms with van der Waals surface area (Å²) in [6, 6.07) is 9.47. The van der Waals surface area contributed by atoms with Crippen molar-refractivity contribution in [2.45, 2.75) is 137 Å². The van der Waals surface area contributed by atoms with E-state index < -0.39 is 8.38 Å². The quantitative estimate of drug-likeness (QED) is 0.374. The maximum atomic E-state index is 6.98. The van der Waals surface area contributed by atoms with Crippen molar-refractivity contribution in [2.75, 3.05) is 0 Å². The van der Waals surface area contributed by atoms with Crippen molar-refractivity contribution in [1.82, 2.24) is 0 Å². The van der Waals surface area contributed by atoms with Crippen LogP contribution in [0.2, 0.25) is 0 Å². The number of benzene rings is 2. The van der Waals surface area contributed by atoms with Gasteiger partial charge in [-0.1, -0.05) is 128 Å². The zero-order valence-electron chi connectivity index (χ0n) is 25.8. The maximum absolute atomic E-state index is 6.98. The molecule has 0 N–H and O–H groups in total. The molecule has 1 atom stereocenters. The average Bonchev–Trinajstić information content (AvgIpc) is 3.05. The summed E-state index contributed by atoms with van der Waals surface area (Å²) in [5.41, 5.74) is 7.90. The van der Waals surface area contributed by atoms with E-state index in [0.717, 1.165) is 17.7 Å². The van der Waals surface area contributed by atoms with Crippen molar-refractivity contribution >= 4 is 8.38 Å². The Morgan fingerprint density at radius 1 is 0.556 bits per heavy atom. The fraction of sp³-hybridized carbons (Fsp3) is 0.636. The Morgan fingerprint density at radius 2 is 0.944 bits per heavy atom. The number of fused-ring (bicyclic) bond motifs is 1. The first-order valence-corrected chi connectivity index (χ1v) is 14.9. The molecule has 1 heterocycles. The summed E-state index contributed by atoms with van der Waals surface area (Å²) in [5, 5.41) is 0. The van der Waals surface area contributed by atoms with Crippen molar-refractivity contribution in [2.24, 2.45) is 0 Å². The molecule has 200 valence electrons. The van der Waals surface area contributed by atoms with Crippen molar-refractivity contribution in [3.8, 4) is 11.5 Å². The van der Waals surface area contributed by atoms with E-state index in [1.54, 1.807) is 0 Å². The highest BCUT2D eigenvalue weighted by molar-refractivity contribution is 7.47. The van der Waals surface area contributed by atoms with E-state index in [2.05, 4.69) is 128 Å². The van der Waals surface area contributed by atoms with Gasteiger partial charge in [0, 0.05) is 22.3 Å². The van der Waals surface area contributed by atoms with E-state index in [4.69, 9.17) is 9.05 Å². The summed E-state index contributed by atoms with van der Waals surface area (Å²) >= 11 is 0. The molecule has 3 rings (SSSR count). The summed E-state index contributed by atoms with van der Waals surface area (Å²) in [4.78, 5) is 0. The van der Waals surface area contributed by atoms with Crippen LogP contribution < -0.4 is 9.05 Å². The second-order valence-electron chi connectivity index (χ2n) is 15.8. The Morgan fingerprint density at radius 3 is 1.33 bits per heavy atom. The van der Waals surface area contributed by atoms with Crippen molar-refractivity contribution in [1.29, 1.82) is 0 Å². The van der Waals surface area contributed by atoms with Crippen LogP contribution >= 0.6 is 8.38 Å². The van der Waals surface area contributed by atoms with Gasteiger partial charge >= 0.3 is 0 Å². The molecule has 0 aromatic heterocycles. The largest absolute Gasteiger partial charge is 0.438 e. The highest BCUT2D eigenvalue weighted by Gasteiger charge is 2.37. The van der Waals surface area contributed by atoms with Gasteiger partial charge in [0.2, 0.25) is 0 Å². The zero-order chi connectivity index (χ0) is 27.6. The minimum absolute atomic E-state index is 0.00180. The van der Waals surface area contributed by atoms with Gasteiger partial charge in [0.25, 0.3) is 8.38 Å². The second kappa shape index (κ2) is 9.04. The average molecular weight is 511 g/mol. The molecule has 2 aromatic carbocycles. The first-order chi connectivity index (χ1) is 16.0. The normalized spacial score (nSPS) is 17.1. The lowest BCUT2D eigenvalue weighted by molar-refractivity contribution is 0.453. The summed E-state index contributed by atoms with van der Waals surface area (Å²) in [7, 11) is -1.12. The maximum Gasteiger partial charge on any atom is 0.295 e. The Hall–Kier alpha value is -1.53. The van der Waals surface area contributed by atoms with Crippen LogP contribution in [0.1, 0.15) is 137 Å². The molecule has 36 heavy (non-hydrogen) atoms. The van der Waals surface area contributed by atoms with Gasteiger partial charge in [0.15, 0.2) is 0 Å². The third kappa shape index (κ3) is 6.12. The molecule has 0 saturated carbocycles. The fourth-order valence-electron chi connectivity index (χ4n) is 4.60. The van der Waals surface area contributed by atoms with E-state index in [1.165, 1.54) is 33.4 Å². The van der Waals surface area contributed by atoms with Gasteiger partial charge in [-0.3, -0.25) is 0 Å². The number of hydrogen-bond acceptors (Lipinski definition) is 2. The molecule has 3 heteroatoms. The summed E-state index contributed by atoms with van der Waals surface area (Å²) in [6.07, 6.45) is 0.825. The summed E-state index contributed by atoms with van der Waals surface area (Å²) < 4.78 is 13.7. The van der Waals surface area contributed by atoms with Crippen molar-refractivity contribution in [3.05, 3.63) is 57.6 Å². The molecule has 1 aliphatic heterocycles. The van der Waals surface area contributed by atoms with Gasteiger partial charge in [-0.15, -0.1) is 0 Å². The second-order valence-corrected chi connectivity index (χ2v) is 17.2.